The second-order valence-corrected chi connectivity index (χ2v) is 5.94. The highest BCUT2D eigenvalue weighted by molar-refractivity contribution is 9.10. The van der Waals surface area contributed by atoms with Crippen molar-refractivity contribution in [2.24, 2.45) is 0 Å². The smallest absolute Gasteiger partial charge is 0.214 e. The molecule has 0 unspecified atom stereocenters. The zero-order valence-corrected chi connectivity index (χ0v) is 10.9. The van der Waals surface area contributed by atoms with Crippen LogP contribution in [0.4, 0.5) is 13.2 Å². The van der Waals surface area contributed by atoms with Crippen LogP contribution in [0.25, 0.3) is 0 Å². The minimum atomic E-state index is -5.59. The molecule has 0 amide bonds. The summed E-state index contributed by atoms with van der Waals surface area (Å²) in [7, 11) is -5.59. The van der Waals surface area contributed by atoms with E-state index in [0.717, 1.165) is 6.07 Å². The summed E-state index contributed by atoms with van der Waals surface area (Å²) in [5.74, 6) is 0. The Morgan fingerprint density at radius 3 is 2.29 bits per heavy atom. The molecule has 0 aliphatic heterocycles. The molecule has 0 bridgehead atoms. The van der Waals surface area contributed by atoms with Crippen LogP contribution < -0.4 is 0 Å². The molecular weight excluding hydrogens is 347 g/mol. The molecule has 3 nitrogen and oxygen atoms in total. The fraction of sp³-hybridized carbons (Fsp3) is 0.125. The number of hydrogen-bond acceptors (Lipinski definition) is 3. The van der Waals surface area contributed by atoms with Crippen molar-refractivity contribution in [2.75, 3.05) is 0 Å². The van der Waals surface area contributed by atoms with Gasteiger partial charge in [-0.3, -0.25) is 0 Å². The predicted molar refractivity (Wildman–Crippen MR) is 57.1 cm³/mol. The molecule has 0 atom stereocenters. The fourth-order valence-corrected chi connectivity index (χ4v) is 2.49. The summed E-state index contributed by atoms with van der Waals surface area (Å²) < 4.78 is 59.4. The summed E-state index contributed by atoms with van der Waals surface area (Å²) in [5, 5.41) is 8.29. The van der Waals surface area contributed by atoms with Gasteiger partial charge in [0.25, 0.3) is 9.84 Å². The number of benzene rings is 1. The SMILES string of the molecule is N#Cc1c(S(=O)(=O)C(F)(F)F)ccc(Br)c1Cl. The van der Waals surface area contributed by atoms with Gasteiger partial charge in [-0.25, -0.2) is 8.42 Å². The van der Waals surface area contributed by atoms with Crippen LogP contribution >= 0.6 is 27.5 Å². The lowest BCUT2D eigenvalue weighted by molar-refractivity contribution is -0.0436. The van der Waals surface area contributed by atoms with Gasteiger partial charge in [0, 0.05) is 4.47 Å². The lowest BCUT2D eigenvalue weighted by Crippen LogP contribution is -2.24. The molecule has 0 radical (unpaired) electrons. The summed E-state index contributed by atoms with van der Waals surface area (Å²) in [6.45, 7) is 0. The van der Waals surface area contributed by atoms with E-state index in [9.17, 15) is 21.6 Å². The Morgan fingerprint density at radius 1 is 1.35 bits per heavy atom. The van der Waals surface area contributed by atoms with Crippen LogP contribution in [0.1, 0.15) is 5.56 Å². The van der Waals surface area contributed by atoms with Gasteiger partial charge in [-0.1, -0.05) is 11.6 Å². The van der Waals surface area contributed by atoms with E-state index in [1.165, 1.54) is 6.07 Å². The summed E-state index contributed by atoms with van der Waals surface area (Å²) in [6.07, 6.45) is 0. The van der Waals surface area contributed by atoms with Crippen molar-refractivity contribution in [1.29, 1.82) is 5.26 Å². The second-order valence-electron chi connectivity index (χ2n) is 2.80. The summed E-state index contributed by atoms with van der Waals surface area (Å²) in [5.41, 5.74) is -6.21. The maximum atomic E-state index is 12.3. The highest BCUT2D eigenvalue weighted by Crippen LogP contribution is 2.36. The molecule has 1 aromatic carbocycles. The molecule has 0 heterocycles. The quantitative estimate of drug-likeness (QED) is 0.782. The first kappa shape index (κ1) is 14.3. The number of hydrogen-bond donors (Lipinski definition) is 0. The van der Waals surface area contributed by atoms with Gasteiger partial charge in [-0.05, 0) is 28.1 Å². The van der Waals surface area contributed by atoms with Crippen molar-refractivity contribution in [1.82, 2.24) is 0 Å². The molecule has 92 valence electrons. The van der Waals surface area contributed by atoms with Gasteiger partial charge in [-0.15, -0.1) is 0 Å². The van der Waals surface area contributed by atoms with Crippen LogP contribution in [-0.2, 0) is 9.84 Å². The first-order valence-corrected chi connectivity index (χ1v) is 6.47. The number of halogens is 5. The standard InChI is InChI=1S/C8H2BrClF3NO2S/c9-5-1-2-6(4(3-14)7(5)10)17(15,16)8(11,12)13/h1-2H. The van der Waals surface area contributed by atoms with E-state index < -0.39 is 25.8 Å². The Kier molecular flexibility index (Phi) is 3.76. The molecule has 0 aliphatic carbocycles. The Morgan fingerprint density at radius 2 is 1.88 bits per heavy atom. The Bertz CT molecular complexity index is 606. The first-order valence-electron chi connectivity index (χ1n) is 3.82. The van der Waals surface area contributed by atoms with E-state index in [2.05, 4.69) is 15.9 Å². The first-order chi connectivity index (χ1) is 7.63. The zero-order valence-electron chi connectivity index (χ0n) is 7.72. The van der Waals surface area contributed by atoms with Gasteiger partial charge >= 0.3 is 5.51 Å². The largest absolute Gasteiger partial charge is 0.501 e. The average Bonchev–Trinajstić information content (AvgIpc) is 2.19. The molecule has 17 heavy (non-hydrogen) atoms. The van der Waals surface area contributed by atoms with E-state index >= 15 is 0 Å². The van der Waals surface area contributed by atoms with Crippen molar-refractivity contribution in [3.63, 3.8) is 0 Å². The third kappa shape index (κ3) is 2.41. The van der Waals surface area contributed by atoms with Gasteiger partial charge in [0.2, 0.25) is 0 Å². The molecule has 9 heteroatoms. The van der Waals surface area contributed by atoms with Crippen molar-refractivity contribution in [3.8, 4) is 6.07 Å². The van der Waals surface area contributed by atoms with E-state index in [0.29, 0.717) is 6.07 Å². The van der Waals surface area contributed by atoms with Crippen molar-refractivity contribution in [2.45, 2.75) is 10.4 Å². The van der Waals surface area contributed by atoms with Gasteiger partial charge in [-0.2, -0.15) is 18.4 Å². The fourth-order valence-electron chi connectivity index (χ4n) is 0.986. The van der Waals surface area contributed by atoms with E-state index in [1.54, 1.807) is 0 Å². The van der Waals surface area contributed by atoms with Gasteiger partial charge in [0.05, 0.1) is 15.5 Å². The van der Waals surface area contributed by atoms with Crippen LogP contribution in [0.2, 0.25) is 5.02 Å². The average molecular weight is 349 g/mol. The van der Waals surface area contributed by atoms with Crippen LogP contribution in [0.15, 0.2) is 21.5 Å². The van der Waals surface area contributed by atoms with E-state index in [4.69, 9.17) is 16.9 Å². The highest BCUT2D eigenvalue weighted by atomic mass is 79.9. The predicted octanol–water partition coefficient (Wildman–Crippen LogP) is 3.27. The van der Waals surface area contributed by atoms with Crippen molar-refractivity contribution >= 4 is 37.4 Å². The number of rotatable bonds is 1. The number of nitriles is 1. The normalized spacial score (nSPS) is 12.2. The zero-order chi connectivity index (χ0) is 13.4. The third-order valence-electron chi connectivity index (χ3n) is 1.76. The minimum Gasteiger partial charge on any atom is -0.214 e. The lowest BCUT2D eigenvalue weighted by Gasteiger charge is -2.10. The lowest BCUT2D eigenvalue weighted by atomic mass is 10.2. The summed E-state index contributed by atoms with van der Waals surface area (Å²) in [6, 6.07) is 3.05. The van der Waals surface area contributed by atoms with Crippen molar-refractivity contribution < 1.29 is 21.6 Å². The van der Waals surface area contributed by atoms with Crippen LogP contribution in [0, 0.1) is 11.3 Å². The van der Waals surface area contributed by atoms with Crippen molar-refractivity contribution in [3.05, 3.63) is 27.2 Å². The third-order valence-corrected chi connectivity index (χ3v) is 4.57. The van der Waals surface area contributed by atoms with Gasteiger partial charge < -0.3 is 0 Å². The Labute approximate surface area is 108 Å². The van der Waals surface area contributed by atoms with Gasteiger partial charge in [0.15, 0.2) is 0 Å². The van der Waals surface area contributed by atoms with Crippen LogP contribution in [0.3, 0.4) is 0 Å². The molecule has 0 aromatic heterocycles. The molecular formula is C8H2BrClF3NO2S. The molecule has 0 saturated carbocycles. The molecule has 0 N–H and O–H groups in total. The topological polar surface area (TPSA) is 57.9 Å². The Balaban J connectivity index is 3.68. The molecule has 0 aliphatic rings. The maximum absolute atomic E-state index is 12.3. The molecule has 1 aromatic rings. The molecule has 1 rings (SSSR count). The maximum Gasteiger partial charge on any atom is 0.501 e. The number of alkyl halides is 3. The van der Waals surface area contributed by atoms with Gasteiger partial charge in [0.1, 0.15) is 6.07 Å². The second kappa shape index (κ2) is 4.48. The van der Waals surface area contributed by atoms with Crippen LogP contribution in [-0.4, -0.2) is 13.9 Å². The monoisotopic (exact) mass is 347 g/mol. The molecule has 0 spiro atoms. The highest BCUT2D eigenvalue weighted by Gasteiger charge is 2.48. The van der Waals surface area contributed by atoms with Crippen LogP contribution in [0.5, 0.6) is 0 Å². The van der Waals surface area contributed by atoms with E-state index in [-0.39, 0.29) is 9.50 Å². The molecule has 0 fully saturated rings. The summed E-state index contributed by atoms with van der Waals surface area (Å²) >= 11 is 8.43. The minimum absolute atomic E-state index is 0.136. The number of sulfone groups is 1. The number of nitrogens with zero attached hydrogens (tertiary/aromatic N) is 1. The Hall–Kier alpha value is -0.780. The molecule has 0 saturated heterocycles. The van der Waals surface area contributed by atoms with E-state index in [1.807, 2.05) is 0 Å². The summed E-state index contributed by atoms with van der Waals surface area (Å²) in [4.78, 5) is -1.15.